The molecule has 0 aliphatic carbocycles. The van der Waals surface area contributed by atoms with E-state index in [9.17, 15) is 14.7 Å². The van der Waals surface area contributed by atoms with Crippen molar-refractivity contribution in [2.24, 2.45) is 11.8 Å². The van der Waals surface area contributed by atoms with Crippen LogP contribution in [0.2, 0.25) is 0 Å². The summed E-state index contributed by atoms with van der Waals surface area (Å²) in [5, 5.41) is 20.0. The molecule has 5 unspecified atom stereocenters. The average molecular weight is 626 g/mol. The largest absolute Gasteiger partial charge is 0.469 e. The molecule has 4 N–H and O–H groups in total. The number of nitrogens with zero attached hydrogens (tertiary/aromatic N) is 2. The molecule has 3 aliphatic rings. The number of oxazole rings is 2. The first kappa shape index (κ1) is 30.0. The number of aromatic nitrogens is 2. The van der Waals surface area contributed by atoms with Gasteiger partial charge in [0.15, 0.2) is 17.7 Å². The SMILES string of the molecule is CC(C)c1coc(-c2nc3oc2C24c5ccccc5NC2Oc2ccc(cc24)CC(NC(=O)C(O)C(C)C)C(=O)NC3C(C)C)n1. The molecule has 5 heterocycles. The zero-order valence-electron chi connectivity index (χ0n) is 26.8. The van der Waals surface area contributed by atoms with Crippen molar-refractivity contribution in [3.63, 3.8) is 0 Å². The van der Waals surface area contributed by atoms with Crippen LogP contribution in [-0.4, -0.2) is 45.3 Å². The number of nitrogens with one attached hydrogen (secondary N) is 3. The fraction of sp³-hybridized carbons (Fsp3) is 0.429. The van der Waals surface area contributed by atoms with Gasteiger partial charge in [-0.25, -0.2) is 9.97 Å². The van der Waals surface area contributed by atoms with Crippen LogP contribution in [0.4, 0.5) is 5.69 Å². The lowest BCUT2D eigenvalue weighted by Gasteiger charge is -2.29. The molecule has 11 nitrogen and oxygen atoms in total. The van der Waals surface area contributed by atoms with Gasteiger partial charge in [0.25, 0.3) is 0 Å². The highest BCUT2D eigenvalue weighted by Crippen LogP contribution is 2.59. The van der Waals surface area contributed by atoms with Gasteiger partial charge >= 0.3 is 0 Å². The zero-order valence-corrected chi connectivity index (χ0v) is 26.8. The molecule has 2 aromatic carbocycles. The number of hydrogen-bond donors (Lipinski definition) is 4. The number of para-hydroxylation sites is 1. The molecular weight excluding hydrogens is 586 g/mol. The average Bonchev–Trinajstić information content (AvgIpc) is 3.79. The first-order valence-corrected chi connectivity index (χ1v) is 15.9. The fourth-order valence-corrected chi connectivity index (χ4v) is 6.67. The zero-order chi connectivity index (χ0) is 32.5. The molecule has 2 aromatic heterocycles. The van der Waals surface area contributed by atoms with E-state index in [-0.39, 0.29) is 30.1 Å². The van der Waals surface area contributed by atoms with Crippen molar-refractivity contribution >= 4 is 17.5 Å². The molecule has 1 spiro atoms. The van der Waals surface area contributed by atoms with E-state index in [1.54, 1.807) is 20.1 Å². The Bertz CT molecular complexity index is 1830. The van der Waals surface area contributed by atoms with E-state index >= 15 is 0 Å². The van der Waals surface area contributed by atoms with Crippen molar-refractivity contribution in [2.75, 3.05) is 5.32 Å². The molecule has 0 saturated heterocycles. The second kappa shape index (κ2) is 11.0. The van der Waals surface area contributed by atoms with Crippen LogP contribution < -0.4 is 20.7 Å². The van der Waals surface area contributed by atoms with E-state index in [1.807, 2.05) is 64.1 Å². The van der Waals surface area contributed by atoms with E-state index in [0.29, 0.717) is 23.1 Å². The number of rotatable bonds is 6. The summed E-state index contributed by atoms with van der Waals surface area (Å²) in [6.45, 7) is 11.5. The monoisotopic (exact) mass is 625 g/mol. The van der Waals surface area contributed by atoms with Crippen LogP contribution in [0.5, 0.6) is 5.75 Å². The number of fused-ring (bicyclic) bond motifs is 4. The number of aliphatic hydroxyl groups is 1. The van der Waals surface area contributed by atoms with E-state index < -0.39 is 41.6 Å². The number of anilines is 1. The van der Waals surface area contributed by atoms with Gasteiger partial charge in [0.1, 0.15) is 35.6 Å². The lowest BCUT2D eigenvalue weighted by Crippen LogP contribution is -2.52. The normalized spacial score (nSPS) is 23.6. The summed E-state index contributed by atoms with van der Waals surface area (Å²) in [6.07, 6.45) is -0.00415. The smallest absolute Gasteiger partial charge is 0.249 e. The predicted molar refractivity (Wildman–Crippen MR) is 169 cm³/mol. The second-order valence-electron chi connectivity index (χ2n) is 13.5. The molecule has 46 heavy (non-hydrogen) atoms. The topological polar surface area (TPSA) is 152 Å². The number of hydrogen-bond acceptors (Lipinski definition) is 9. The third kappa shape index (κ3) is 4.59. The van der Waals surface area contributed by atoms with Gasteiger partial charge in [-0.05, 0) is 41.0 Å². The lowest BCUT2D eigenvalue weighted by molar-refractivity contribution is -0.135. The van der Waals surface area contributed by atoms with Gasteiger partial charge in [0, 0.05) is 17.7 Å². The first-order valence-electron chi connectivity index (χ1n) is 15.9. The number of carbonyl (C=O) groups excluding carboxylic acids is 2. The fourth-order valence-electron chi connectivity index (χ4n) is 6.67. The molecule has 5 atom stereocenters. The standard InChI is InChI=1S/C35H39N5O6/c1-16(2)24-15-44-32(37-24)27-29-35-20-9-7-8-10-22(20)38-34(35)45-25-12-11-19(13-21(25)35)14-23(36-31(43)28(41)18(5)6)30(42)39-26(17(3)4)33(40-27)46-29/h7-13,15-18,23,26,28,34,38,41H,14H2,1-6H3,(H,36,43)(H,39,42). The van der Waals surface area contributed by atoms with Gasteiger partial charge in [-0.2, -0.15) is 0 Å². The van der Waals surface area contributed by atoms with E-state index in [2.05, 4.69) is 22.0 Å². The Hall–Kier alpha value is -4.64. The van der Waals surface area contributed by atoms with Crippen LogP contribution in [0.25, 0.3) is 11.6 Å². The van der Waals surface area contributed by atoms with Crippen LogP contribution in [0.3, 0.4) is 0 Å². The van der Waals surface area contributed by atoms with Gasteiger partial charge in [0.2, 0.25) is 23.6 Å². The molecule has 2 amide bonds. The third-order valence-corrected chi connectivity index (χ3v) is 9.27. The van der Waals surface area contributed by atoms with Crippen molar-refractivity contribution in [3.05, 3.63) is 82.8 Å². The van der Waals surface area contributed by atoms with Crippen molar-refractivity contribution in [1.82, 2.24) is 20.6 Å². The number of ether oxygens (including phenoxy) is 1. The van der Waals surface area contributed by atoms with E-state index in [4.69, 9.17) is 23.5 Å². The molecule has 11 heteroatoms. The van der Waals surface area contributed by atoms with Crippen molar-refractivity contribution in [2.45, 2.75) is 83.7 Å². The van der Waals surface area contributed by atoms with Crippen molar-refractivity contribution in [3.8, 4) is 17.3 Å². The minimum Gasteiger partial charge on any atom is -0.469 e. The van der Waals surface area contributed by atoms with Gasteiger partial charge < -0.3 is 34.6 Å². The van der Waals surface area contributed by atoms with Gasteiger partial charge in [-0.3, -0.25) is 9.59 Å². The van der Waals surface area contributed by atoms with Crippen LogP contribution in [0, 0.1) is 11.8 Å². The van der Waals surface area contributed by atoms with Crippen molar-refractivity contribution < 1.29 is 28.3 Å². The summed E-state index contributed by atoms with van der Waals surface area (Å²) in [5.41, 5.74) is 3.71. The Morgan fingerprint density at radius 1 is 1.04 bits per heavy atom. The minimum absolute atomic E-state index is 0.128. The summed E-state index contributed by atoms with van der Waals surface area (Å²) in [6, 6.07) is 12.2. The maximum absolute atomic E-state index is 14.0. The van der Waals surface area contributed by atoms with Crippen LogP contribution >= 0.6 is 0 Å². The number of benzene rings is 2. The van der Waals surface area contributed by atoms with E-state index in [0.717, 1.165) is 28.1 Å². The number of amides is 2. The van der Waals surface area contributed by atoms with Crippen molar-refractivity contribution in [1.29, 1.82) is 0 Å². The van der Waals surface area contributed by atoms with Gasteiger partial charge in [-0.1, -0.05) is 71.9 Å². The molecule has 0 fully saturated rings. The highest BCUT2D eigenvalue weighted by molar-refractivity contribution is 5.90. The lowest BCUT2D eigenvalue weighted by atomic mass is 9.72. The molecule has 0 radical (unpaired) electrons. The Morgan fingerprint density at radius 3 is 2.54 bits per heavy atom. The maximum atomic E-state index is 14.0. The summed E-state index contributed by atoms with van der Waals surface area (Å²) < 4.78 is 19.5. The highest BCUT2D eigenvalue weighted by atomic mass is 16.5. The predicted octanol–water partition coefficient (Wildman–Crippen LogP) is 4.80. The maximum Gasteiger partial charge on any atom is 0.249 e. The van der Waals surface area contributed by atoms with Gasteiger partial charge in [-0.15, -0.1) is 0 Å². The molecule has 240 valence electrons. The third-order valence-electron chi connectivity index (χ3n) is 9.27. The molecule has 4 bridgehead atoms. The minimum atomic E-state index is -1.26. The second-order valence-corrected chi connectivity index (χ2v) is 13.5. The Labute approximate surface area is 267 Å². The Balaban J connectivity index is 1.48. The Morgan fingerprint density at radius 2 is 1.83 bits per heavy atom. The summed E-state index contributed by atoms with van der Waals surface area (Å²) in [7, 11) is 0. The van der Waals surface area contributed by atoms with Crippen LogP contribution in [0.15, 0.2) is 57.6 Å². The molecular formula is C35H39N5O6. The van der Waals surface area contributed by atoms with Gasteiger partial charge in [0.05, 0.1) is 5.69 Å². The molecule has 0 saturated carbocycles. The molecule has 7 rings (SSSR count). The van der Waals surface area contributed by atoms with E-state index in [1.165, 1.54) is 0 Å². The summed E-state index contributed by atoms with van der Waals surface area (Å²) in [5.74, 6) is 0.399. The molecule has 3 aliphatic heterocycles. The van der Waals surface area contributed by atoms with Crippen LogP contribution in [-0.2, 0) is 21.4 Å². The summed E-state index contributed by atoms with van der Waals surface area (Å²) >= 11 is 0. The number of carbonyl (C=O) groups is 2. The number of aliphatic hydroxyl groups excluding tert-OH is 1. The first-order chi connectivity index (χ1) is 22.0. The van der Waals surface area contributed by atoms with Crippen LogP contribution in [0.1, 0.15) is 87.5 Å². The summed E-state index contributed by atoms with van der Waals surface area (Å²) in [4.78, 5) is 36.8. The highest BCUT2D eigenvalue weighted by Gasteiger charge is 2.61. The Kier molecular flexibility index (Phi) is 7.19. The molecule has 4 aromatic rings. The quantitative estimate of drug-likeness (QED) is 0.237.